The third-order valence-corrected chi connectivity index (χ3v) is 3.91. The van der Waals surface area contributed by atoms with Crippen LogP contribution in [0.25, 0.3) is 11.1 Å². The quantitative estimate of drug-likeness (QED) is 0.324. The Bertz CT molecular complexity index is 910. The number of halogens is 4. The van der Waals surface area contributed by atoms with Gasteiger partial charge < -0.3 is 4.74 Å². The third kappa shape index (κ3) is 4.62. The van der Waals surface area contributed by atoms with Crippen LogP contribution in [0.2, 0.25) is 5.02 Å². The Balaban J connectivity index is 2.71. The standard InChI is InChI=1S/C17H11ClF3NO5/c1-27-16(24)15(23)8-12-13(17(19,20)21)6-10(7-14(12)22(25)26)9-2-4-11(18)5-3-9/h2-7H,8H2,1H3. The summed E-state index contributed by atoms with van der Waals surface area (Å²) in [6.07, 6.45) is -6.10. The van der Waals surface area contributed by atoms with Gasteiger partial charge in [-0.1, -0.05) is 23.7 Å². The zero-order chi connectivity index (χ0) is 20.4. The molecule has 0 unspecified atom stereocenters. The lowest BCUT2D eigenvalue weighted by atomic mass is 9.94. The molecule has 2 aromatic rings. The molecule has 2 aromatic carbocycles. The lowest BCUT2D eigenvalue weighted by Crippen LogP contribution is -2.21. The van der Waals surface area contributed by atoms with Crippen LogP contribution in [0.5, 0.6) is 0 Å². The second kappa shape index (κ2) is 7.75. The van der Waals surface area contributed by atoms with E-state index >= 15 is 0 Å². The highest BCUT2D eigenvalue weighted by Gasteiger charge is 2.38. The minimum Gasteiger partial charge on any atom is -0.463 e. The number of hydrogen-bond donors (Lipinski definition) is 0. The van der Waals surface area contributed by atoms with Gasteiger partial charge in [0.05, 0.1) is 29.6 Å². The van der Waals surface area contributed by atoms with Crippen molar-refractivity contribution in [2.75, 3.05) is 7.11 Å². The van der Waals surface area contributed by atoms with E-state index in [1.54, 1.807) is 0 Å². The molecule has 2 rings (SSSR count). The number of esters is 1. The van der Waals surface area contributed by atoms with Crippen LogP contribution in [0.1, 0.15) is 11.1 Å². The summed E-state index contributed by atoms with van der Waals surface area (Å²) in [4.78, 5) is 33.3. The Morgan fingerprint density at radius 2 is 1.74 bits per heavy atom. The Labute approximate surface area is 155 Å². The number of Topliss-reactive ketones (excluding diaryl/α,β-unsaturated/α-hetero) is 1. The highest BCUT2D eigenvalue weighted by atomic mass is 35.5. The second-order valence-electron chi connectivity index (χ2n) is 5.37. The maximum absolute atomic E-state index is 13.5. The molecule has 0 aliphatic carbocycles. The van der Waals surface area contributed by atoms with Crippen LogP contribution >= 0.6 is 11.6 Å². The molecule has 0 amide bonds. The van der Waals surface area contributed by atoms with Gasteiger partial charge in [-0.05, 0) is 29.3 Å². The largest absolute Gasteiger partial charge is 0.463 e. The van der Waals surface area contributed by atoms with E-state index in [-0.39, 0.29) is 11.1 Å². The monoisotopic (exact) mass is 401 g/mol. The first-order valence-corrected chi connectivity index (χ1v) is 7.68. The van der Waals surface area contributed by atoms with Crippen molar-refractivity contribution >= 4 is 29.0 Å². The van der Waals surface area contributed by atoms with Crippen LogP contribution in [0.4, 0.5) is 18.9 Å². The SMILES string of the molecule is COC(=O)C(=O)Cc1c([N+](=O)[O-])cc(-c2ccc(Cl)cc2)cc1C(F)(F)F. The predicted octanol–water partition coefficient (Wildman–Crippen LogP) is 4.22. The van der Waals surface area contributed by atoms with Crippen LogP contribution in [-0.4, -0.2) is 23.8 Å². The predicted molar refractivity (Wildman–Crippen MR) is 89.3 cm³/mol. The van der Waals surface area contributed by atoms with Crippen molar-refractivity contribution in [2.45, 2.75) is 12.6 Å². The first-order valence-electron chi connectivity index (χ1n) is 7.30. The first-order chi connectivity index (χ1) is 12.5. The lowest BCUT2D eigenvalue weighted by molar-refractivity contribution is -0.385. The molecule has 0 atom stereocenters. The number of rotatable bonds is 5. The van der Waals surface area contributed by atoms with E-state index in [2.05, 4.69) is 4.74 Å². The minimum atomic E-state index is -4.99. The number of nitrogens with zero attached hydrogens (tertiary/aromatic N) is 1. The molecule has 10 heteroatoms. The van der Waals surface area contributed by atoms with Crippen LogP contribution in [0.15, 0.2) is 36.4 Å². The molecule has 0 radical (unpaired) electrons. The molecule has 0 saturated heterocycles. The van der Waals surface area contributed by atoms with E-state index < -0.39 is 46.1 Å². The number of carbonyl (C=O) groups excluding carboxylic acids is 2. The highest BCUT2D eigenvalue weighted by molar-refractivity contribution is 6.34. The summed E-state index contributed by atoms with van der Waals surface area (Å²) in [6.45, 7) is 0. The average molecular weight is 402 g/mol. The number of methoxy groups -OCH3 is 1. The maximum Gasteiger partial charge on any atom is 0.416 e. The normalized spacial score (nSPS) is 11.1. The van der Waals surface area contributed by atoms with Crippen LogP contribution in [0, 0.1) is 10.1 Å². The van der Waals surface area contributed by atoms with Gasteiger partial charge in [0, 0.05) is 11.1 Å². The number of carbonyl (C=O) groups is 2. The van der Waals surface area contributed by atoms with Crippen LogP contribution in [-0.2, 0) is 26.9 Å². The van der Waals surface area contributed by atoms with Gasteiger partial charge in [-0.25, -0.2) is 4.79 Å². The summed E-state index contributed by atoms with van der Waals surface area (Å²) >= 11 is 5.74. The van der Waals surface area contributed by atoms with Crippen molar-refractivity contribution in [3.63, 3.8) is 0 Å². The number of hydrogen-bond acceptors (Lipinski definition) is 5. The van der Waals surface area contributed by atoms with Crippen molar-refractivity contribution in [1.82, 2.24) is 0 Å². The van der Waals surface area contributed by atoms with Gasteiger partial charge in [0.1, 0.15) is 0 Å². The Morgan fingerprint density at radius 3 is 2.22 bits per heavy atom. The number of ether oxygens (including phenoxy) is 1. The molecule has 0 aliphatic heterocycles. The van der Waals surface area contributed by atoms with Gasteiger partial charge in [-0.2, -0.15) is 13.2 Å². The van der Waals surface area contributed by atoms with E-state index in [1.165, 1.54) is 24.3 Å². The zero-order valence-electron chi connectivity index (χ0n) is 13.7. The van der Waals surface area contributed by atoms with Crippen molar-refractivity contribution < 1.29 is 32.4 Å². The third-order valence-electron chi connectivity index (χ3n) is 3.66. The van der Waals surface area contributed by atoms with E-state index in [4.69, 9.17) is 11.6 Å². The minimum absolute atomic E-state index is 0.0834. The van der Waals surface area contributed by atoms with Gasteiger partial charge in [0.15, 0.2) is 0 Å². The molecule has 0 N–H and O–H groups in total. The van der Waals surface area contributed by atoms with Gasteiger partial charge in [0.2, 0.25) is 5.78 Å². The highest BCUT2D eigenvalue weighted by Crippen LogP contribution is 2.40. The molecule has 142 valence electrons. The number of benzene rings is 2. The zero-order valence-corrected chi connectivity index (χ0v) is 14.4. The number of nitro benzene ring substituents is 1. The van der Waals surface area contributed by atoms with E-state index in [0.29, 0.717) is 11.1 Å². The van der Waals surface area contributed by atoms with Gasteiger partial charge >= 0.3 is 12.1 Å². The fraction of sp³-hybridized carbons (Fsp3) is 0.176. The second-order valence-corrected chi connectivity index (χ2v) is 5.81. The van der Waals surface area contributed by atoms with E-state index in [9.17, 15) is 32.9 Å². The van der Waals surface area contributed by atoms with Crippen molar-refractivity contribution in [2.24, 2.45) is 0 Å². The average Bonchev–Trinajstić information content (AvgIpc) is 2.60. The van der Waals surface area contributed by atoms with Crippen molar-refractivity contribution in [1.29, 1.82) is 0 Å². The molecule has 0 aliphatic rings. The Hall–Kier alpha value is -2.94. The molecular weight excluding hydrogens is 391 g/mol. The first kappa shape index (κ1) is 20.4. The van der Waals surface area contributed by atoms with E-state index in [1.807, 2.05) is 0 Å². The fourth-order valence-corrected chi connectivity index (χ4v) is 2.54. The molecule has 0 fully saturated rings. The molecule has 27 heavy (non-hydrogen) atoms. The molecule has 0 heterocycles. The molecular formula is C17H11ClF3NO5. The molecule has 0 spiro atoms. The van der Waals surface area contributed by atoms with Crippen LogP contribution in [0.3, 0.4) is 0 Å². The van der Waals surface area contributed by atoms with Crippen LogP contribution < -0.4 is 0 Å². The molecule has 6 nitrogen and oxygen atoms in total. The van der Waals surface area contributed by atoms with Crippen molar-refractivity contribution in [3.8, 4) is 11.1 Å². The maximum atomic E-state index is 13.5. The van der Waals surface area contributed by atoms with Crippen molar-refractivity contribution in [3.05, 3.63) is 62.7 Å². The summed E-state index contributed by atoms with van der Waals surface area (Å²) in [5, 5.41) is 11.7. The number of ketones is 1. The molecule has 0 aromatic heterocycles. The topological polar surface area (TPSA) is 86.5 Å². The summed E-state index contributed by atoms with van der Waals surface area (Å²) in [6, 6.07) is 7.26. The molecule has 0 bridgehead atoms. The number of alkyl halides is 3. The molecule has 0 saturated carbocycles. The summed E-state index contributed by atoms with van der Waals surface area (Å²) in [5.74, 6) is -2.72. The Morgan fingerprint density at radius 1 is 1.15 bits per heavy atom. The van der Waals surface area contributed by atoms with E-state index in [0.717, 1.165) is 13.2 Å². The number of nitro groups is 1. The summed E-state index contributed by atoms with van der Waals surface area (Å²) < 4.78 is 44.7. The van der Waals surface area contributed by atoms with Gasteiger partial charge in [-0.3, -0.25) is 14.9 Å². The fourth-order valence-electron chi connectivity index (χ4n) is 2.41. The summed E-state index contributed by atoms with van der Waals surface area (Å²) in [5.41, 5.74) is -3.02. The summed E-state index contributed by atoms with van der Waals surface area (Å²) in [7, 11) is 0.878. The van der Waals surface area contributed by atoms with Gasteiger partial charge in [0.25, 0.3) is 5.69 Å². The smallest absolute Gasteiger partial charge is 0.416 e. The van der Waals surface area contributed by atoms with Gasteiger partial charge in [-0.15, -0.1) is 0 Å². The lowest BCUT2D eigenvalue weighted by Gasteiger charge is -2.15. The Kier molecular flexibility index (Phi) is 5.85.